The molecular weight excluding hydrogens is 412 g/mol. The third kappa shape index (κ3) is 4.45. The Bertz CT molecular complexity index is 1160. The quantitative estimate of drug-likeness (QED) is 0.581. The summed E-state index contributed by atoms with van der Waals surface area (Å²) in [6, 6.07) is 8.42. The number of nitrogens with zero attached hydrogens (tertiary/aromatic N) is 6. The first-order valence-electron chi connectivity index (χ1n) is 12.3. The van der Waals surface area contributed by atoms with Crippen LogP contribution in [0.1, 0.15) is 62.5 Å². The molecule has 2 fully saturated rings. The van der Waals surface area contributed by atoms with Crippen molar-refractivity contribution in [2.24, 2.45) is 5.92 Å². The fourth-order valence-corrected chi connectivity index (χ4v) is 4.65. The second-order valence-electron chi connectivity index (χ2n) is 10.0. The Labute approximate surface area is 195 Å². The molecule has 2 aromatic heterocycles. The number of hydrogen-bond donors (Lipinski definition) is 0. The maximum Gasteiger partial charge on any atom is 0.222 e. The molecule has 0 atom stereocenters. The van der Waals surface area contributed by atoms with Crippen molar-refractivity contribution in [3.63, 3.8) is 0 Å². The summed E-state index contributed by atoms with van der Waals surface area (Å²) in [6.45, 7) is 11.6. The zero-order valence-electron chi connectivity index (χ0n) is 20.2. The molecule has 0 bridgehead atoms. The number of aromatic nitrogens is 4. The zero-order chi connectivity index (χ0) is 23.1. The summed E-state index contributed by atoms with van der Waals surface area (Å²) in [5, 5.41) is 5.92. The lowest BCUT2D eigenvalue weighted by molar-refractivity contribution is -0.131. The summed E-state index contributed by atoms with van der Waals surface area (Å²) in [4.78, 5) is 27.2. The Morgan fingerprint density at radius 1 is 1.03 bits per heavy atom. The molecule has 7 heteroatoms. The first-order chi connectivity index (χ1) is 15.9. The Kier molecular flexibility index (Phi) is 5.81. The van der Waals surface area contributed by atoms with Crippen molar-refractivity contribution in [3.05, 3.63) is 41.3 Å². The average molecular weight is 447 g/mol. The van der Waals surface area contributed by atoms with Gasteiger partial charge in [-0.3, -0.25) is 4.79 Å². The van der Waals surface area contributed by atoms with Gasteiger partial charge in [-0.1, -0.05) is 31.5 Å². The largest absolute Gasteiger partial charge is 0.354 e. The van der Waals surface area contributed by atoms with E-state index in [1.165, 1.54) is 5.56 Å². The highest BCUT2D eigenvalue weighted by atomic mass is 16.2. The van der Waals surface area contributed by atoms with Crippen LogP contribution in [-0.4, -0.2) is 56.7 Å². The summed E-state index contributed by atoms with van der Waals surface area (Å²) in [6.07, 6.45) is 3.87. The Balaban J connectivity index is 1.53. The van der Waals surface area contributed by atoms with E-state index in [2.05, 4.69) is 49.9 Å². The van der Waals surface area contributed by atoms with Crippen LogP contribution in [0.4, 0.5) is 5.82 Å². The lowest BCUT2D eigenvalue weighted by Gasteiger charge is -2.24. The molecule has 0 radical (unpaired) electrons. The van der Waals surface area contributed by atoms with Gasteiger partial charge in [0.2, 0.25) is 5.91 Å². The molecule has 174 valence electrons. The molecule has 1 aliphatic carbocycles. The van der Waals surface area contributed by atoms with Gasteiger partial charge in [0.25, 0.3) is 0 Å². The summed E-state index contributed by atoms with van der Waals surface area (Å²) in [7, 11) is 0. The fourth-order valence-electron chi connectivity index (χ4n) is 4.65. The van der Waals surface area contributed by atoms with Gasteiger partial charge < -0.3 is 9.80 Å². The maximum absolute atomic E-state index is 12.7. The smallest absolute Gasteiger partial charge is 0.222 e. The van der Waals surface area contributed by atoms with Gasteiger partial charge in [0, 0.05) is 38.5 Å². The number of carbonyl (C=O) groups is 1. The number of anilines is 1. The van der Waals surface area contributed by atoms with Gasteiger partial charge in [-0.25, -0.2) is 14.6 Å². The van der Waals surface area contributed by atoms with Crippen molar-refractivity contribution in [1.82, 2.24) is 24.6 Å². The third-order valence-electron chi connectivity index (χ3n) is 6.65. The standard InChI is InChI=1S/C26H34N6O/c1-17(2)16-22(33)30-12-5-13-31(15-14-30)25-23-19(4)29-32(21-10-6-18(3)7-11-21)26(23)28-24(27-25)20-8-9-20/h6-7,10-11,17,20H,5,8-9,12-16H2,1-4H3. The minimum absolute atomic E-state index is 0.265. The molecule has 0 spiro atoms. The third-order valence-corrected chi connectivity index (χ3v) is 6.65. The first kappa shape index (κ1) is 21.9. The number of carbonyl (C=O) groups excluding carboxylic acids is 1. The van der Waals surface area contributed by atoms with Gasteiger partial charge in [-0.05, 0) is 51.2 Å². The van der Waals surface area contributed by atoms with E-state index in [9.17, 15) is 4.79 Å². The molecule has 3 heterocycles. The van der Waals surface area contributed by atoms with E-state index in [0.29, 0.717) is 18.3 Å². The van der Waals surface area contributed by atoms with Crippen molar-refractivity contribution >= 4 is 22.8 Å². The number of fused-ring (bicyclic) bond motifs is 1. The SMILES string of the molecule is Cc1ccc(-n2nc(C)c3c(N4CCCN(C(=O)CC(C)C)CC4)nc(C4CC4)nc32)cc1. The highest BCUT2D eigenvalue weighted by Crippen LogP contribution is 2.40. The van der Waals surface area contributed by atoms with Crippen molar-refractivity contribution in [2.75, 3.05) is 31.1 Å². The highest BCUT2D eigenvalue weighted by molar-refractivity contribution is 5.91. The number of benzene rings is 1. The number of rotatable bonds is 5. The van der Waals surface area contributed by atoms with Gasteiger partial charge >= 0.3 is 0 Å². The van der Waals surface area contributed by atoms with Crippen LogP contribution in [0.25, 0.3) is 16.7 Å². The number of aryl methyl sites for hydroxylation is 2. The van der Waals surface area contributed by atoms with Crippen LogP contribution >= 0.6 is 0 Å². The topological polar surface area (TPSA) is 67.2 Å². The molecule has 1 amide bonds. The second-order valence-corrected chi connectivity index (χ2v) is 10.0. The van der Waals surface area contributed by atoms with E-state index in [1.807, 2.05) is 16.5 Å². The lowest BCUT2D eigenvalue weighted by Crippen LogP contribution is -2.36. The summed E-state index contributed by atoms with van der Waals surface area (Å²) >= 11 is 0. The molecule has 1 aliphatic heterocycles. The van der Waals surface area contributed by atoms with Crippen molar-refractivity contribution in [1.29, 1.82) is 0 Å². The fraction of sp³-hybridized carbons (Fsp3) is 0.538. The van der Waals surface area contributed by atoms with E-state index in [4.69, 9.17) is 15.1 Å². The van der Waals surface area contributed by atoms with Gasteiger partial charge in [0.15, 0.2) is 5.65 Å². The predicted octanol–water partition coefficient (Wildman–Crippen LogP) is 4.39. The summed E-state index contributed by atoms with van der Waals surface area (Å²) < 4.78 is 1.97. The minimum Gasteiger partial charge on any atom is -0.354 e. The molecule has 0 N–H and O–H groups in total. The van der Waals surface area contributed by atoms with Crippen LogP contribution in [0.15, 0.2) is 24.3 Å². The molecule has 7 nitrogen and oxygen atoms in total. The molecule has 1 saturated carbocycles. The molecule has 1 saturated heterocycles. The van der Waals surface area contributed by atoms with Crippen LogP contribution in [0.2, 0.25) is 0 Å². The first-order valence-corrected chi connectivity index (χ1v) is 12.3. The number of amides is 1. The van der Waals surface area contributed by atoms with E-state index in [1.54, 1.807) is 0 Å². The Morgan fingerprint density at radius 2 is 1.79 bits per heavy atom. The van der Waals surface area contributed by atoms with E-state index in [-0.39, 0.29) is 5.91 Å². The Morgan fingerprint density at radius 3 is 2.48 bits per heavy atom. The molecule has 3 aromatic rings. The van der Waals surface area contributed by atoms with Crippen LogP contribution in [-0.2, 0) is 4.79 Å². The average Bonchev–Trinajstić information content (AvgIpc) is 3.60. The van der Waals surface area contributed by atoms with E-state index >= 15 is 0 Å². The van der Waals surface area contributed by atoms with Gasteiger partial charge in [-0.15, -0.1) is 0 Å². The molecule has 5 rings (SSSR count). The molecule has 1 aromatic carbocycles. The lowest BCUT2D eigenvalue weighted by atomic mass is 10.1. The van der Waals surface area contributed by atoms with Crippen molar-refractivity contribution < 1.29 is 4.79 Å². The molecule has 33 heavy (non-hydrogen) atoms. The monoisotopic (exact) mass is 446 g/mol. The predicted molar refractivity (Wildman–Crippen MR) is 131 cm³/mol. The van der Waals surface area contributed by atoms with E-state index < -0.39 is 0 Å². The van der Waals surface area contributed by atoms with Crippen molar-refractivity contribution in [2.45, 2.75) is 59.3 Å². The molecule has 0 unspecified atom stereocenters. The van der Waals surface area contributed by atoms with Gasteiger partial charge in [0.1, 0.15) is 11.6 Å². The van der Waals surface area contributed by atoms with Crippen LogP contribution in [0.3, 0.4) is 0 Å². The number of hydrogen-bond acceptors (Lipinski definition) is 5. The van der Waals surface area contributed by atoms with Gasteiger partial charge in [-0.2, -0.15) is 5.10 Å². The maximum atomic E-state index is 12.7. The zero-order valence-corrected chi connectivity index (χ0v) is 20.2. The minimum atomic E-state index is 0.265. The van der Waals surface area contributed by atoms with E-state index in [0.717, 1.165) is 79.5 Å². The summed E-state index contributed by atoms with van der Waals surface area (Å²) in [5.41, 5.74) is 4.08. The molecular formula is C26H34N6O. The Hall–Kier alpha value is -2.96. The second kappa shape index (κ2) is 8.76. The highest BCUT2D eigenvalue weighted by Gasteiger charge is 2.31. The van der Waals surface area contributed by atoms with Crippen LogP contribution < -0.4 is 4.90 Å². The van der Waals surface area contributed by atoms with Crippen molar-refractivity contribution in [3.8, 4) is 5.69 Å². The molecule has 2 aliphatic rings. The van der Waals surface area contributed by atoms with Crippen LogP contribution in [0, 0.1) is 19.8 Å². The van der Waals surface area contributed by atoms with Crippen LogP contribution in [0.5, 0.6) is 0 Å². The summed E-state index contributed by atoms with van der Waals surface area (Å²) in [5.74, 6) is 3.01. The normalized spacial score (nSPS) is 17.1. The van der Waals surface area contributed by atoms with Gasteiger partial charge in [0.05, 0.1) is 16.8 Å².